The summed E-state index contributed by atoms with van der Waals surface area (Å²) in [5.41, 5.74) is 0. The summed E-state index contributed by atoms with van der Waals surface area (Å²) in [4.78, 5) is 12.1. The summed E-state index contributed by atoms with van der Waals surface area (Å²) in [7, 11) is 0. The van der Waals surface area contributed by atoms with Crippen LogP contribution in [-0.4, -0.2) is 12.6 Å². The summed E-state index contributed by atoms with van der Waals surface area (Å²) >= 11 is 10.3. The summed E-state index contributed by atoms with van der Waals surface area (Å²) in [5.74, 6) is 0.630. The van der Waals surface area contributed by atoms with Gasteiger partial charge in [-0.2, -0.15) is 0 Å². The molecule has 0 saturated heterocycles. The Morgan fingerprint density at radius 2 is 1.54 bits per heavy atom. The van der Waals surface area contributed by atoms with E-state index < -0.39 is 5.97 Å². The van der Waals surface area contributed by atoms with Crippen molar-refractivity contribution < 1.29 is 14.3 Å². The minimum Gasteiger partial charge on any atom is -0.481 e. The van der Waals surface area contributed by atoms with Crippen LogP contribution in [0.3, 0.4) is 0 Å². The van der Waals surface area contributed by atoms with Crippen LogP contribution in [-0.2, 0) is 4.79 Å². The second-order valence-corrected chi connectivity index (χ2v) is 7.55. The van der Waals surface area contributed by atoms with E-state index in [1.54, 1.807) is 12.1 Å². The van der Waals surface area contributed by atoms with Crippen molar-refractivity contribution in [1.29, 1.82) is 0 Å². The first-order chi connectivity index (χ1) is 11.5. The molecule has 0 aliphatic rings. The molecule has 3 nitrogen and oxygen atoms in total. The van der Waals surface area contributed by atoms with Gasteiger partial charge >= 0.3 is 5.97 Å². The average molecular weight is 515 g/mol. The van der Waals surface area contributed by atoms with Crippen molar-refractivity contribution in [2.24, 2.45) is 0 Å². The molecular formula is C18H11Br3O3. The average Bonchev–Trinajstić information content (AvgIpc) is 2.57. The van der Waals surface area contributed by atoms with E-state index in [-0.39, 0.29) is 6.61 Å². The quantitative estimate of drug-likeness (QED) is 0.311. The lowest BCUT2D eigenvalue weighted by Gasteiger charge is -2.11. The Morgan fingerprint density at radius 3 is 2.29 bits per heavy atom. The highest BCUT2D eigenvalue weighted by Crippen LogP contribution is 2.32. The molecule has 0 N–H and O–H groups in total. The molecule has 3 aromatic rings. The molecule has 0 amide bonds. The van der Waals surface area contributed by atoms with Crippen molar-refractivity contribution in [1.82, 2.24) is 0 Å². The highest BCUT2D eigenvalue weighted by Gasteiger charge is 2.11. The summed E-state index contributed by atoms with van der Waals surface area (Å²) in [6.07, 6.45) is 0. The van der Waals surface area contributed by atoms with E-state index in [1.165, 1.54) is 0 Å². The molecule has 0 atom stereocenters. The Hall–Kier alpha value is -1.37. The molecule has 3 aromatic carbocycles. The Labute approximate surface area is 164 Å². The van der Waals surface area contributed by atoms with Gasteiger partial charge in [0.15, 0.2) is 6.61 Å². The van der Waals surface area contributed by atoms with Crippen LogP contribution >= 0.6 is 47.8 Å². The molecule has 0 radical (unpaired) electrons. The number of halogens is 3. The molecule has 122 valence electrons. The summed E-state index contributed by atoms with van der Waals surface area (Å²) in [5, 5.41) is 1.85. The van der Waals surface area contributed by atoms with Crippen molar-refractivity contribution in [2.75, 3.05) is 6.61 Å². The van der Waals surface area contributed by atoms with E-state index in [4.69, 9.17) is 9.47 Å². The van der Waals surface area contributed by atoms with Gasteiger partial charge < -0.3 is 9.47 Å². The second kappa shape index (κ2) is 7.68. The standard InChI is InChI=1S/C18H11Br3O3/c19-11-5-7-17(15(21)9-11)23-10-18(22)24-16-8-6-14(20)12-3-1-2-4-13(12)16/h1-9H,10H2. The van der Waals surface area contributed by atoms with Crippen molar-refractivity contribution in [3.8, 4) is 11.5 Å². The number of hydrogen-bond donors (Lipinski definition) is 0. The molecule has 0 bridgehead atoms. The zero-order chi connectivity index (χ0) is 17.1. The van der Waals surface area contributed by atoms with E-state index in [0.717, 1.165) is 24.2 Å². The maximum absolute atomic E-state index is 12.1. The number of carbonyl (C=O) groups is 1. The topological polar surface area (TPSA) is 35.5 Å². The number of benzene rings is 3. The van der Waals surface area contributed by atoms with Crippen LogP contribution in [0.5, 0.6) is 11.5 Å². The first kappa shape index (κ1) is 17.5. The van der Waals surface area contributed by atoms with E-state index in [1.807, 2.05) is 42.5 Å². The first-order valence-electron chi connectivity index (χ1n) is 7.00. The molecule has 0 heterocycles. The third kappa shape index (κ3) is 3.99. The SMILES string of the molecule is O=C(COc1ccc(Br)cc1Br)Oc1ccc(Br)c2ccccc12. The fraction of sp³-hybridized carbons (Fsp3) is 0.0556. The molecule has 0 aromatic heterocycles. The van der Waals surface area contributed by atoms with Crippen LogP contribution in [0.25, 0.3) is 10.8 Å². The number of fused-ring (bicyclic) bond motifs is 1. The van der Waals surface area contributed by atoms with Crippen LogP contribution in [0.2, 0.25) is 0 Å². The fourth-order valence-electron chi connectivity index (χ4n) is 2.20. The van der Waals surface area contributed by atoms with Gasteiger partial charge in [0.1, 0.15) is 11.5 Å². The molecule has 0 unspecified atom stereocenters. The van der Waals surface area contributed by atoms with E-state index >= 15 is 0 Å². The van der Waals surface area contributed by atoms with Gasteiger partial charge in [-0.15, -0.1) is 0 Å². The van der Waals surface area contributed by atoms with Crippen LogP contribution in [0.1, 0.15) is 0 Å². The smallest absolute Gasteiger partial charge is 0.349 e. The minimum atomic E-state index is -0.461. The normalized spacial score (nSPS) is 10.6. The first-order valence-corrected chi connectivity index (χ1v) is 9.38. The number of carbonyl (C=O) groups excluding carboxylic acids is 1. The Bertz CT molecular complexity index is 909. The summed E-state index contributed by atoms with van der Waals surface area (Å²) in [6, 6.07) is 16.8. The van der Waals surface area contributed by atoms with Gasteiger partial charge in [-0.1, -0.05) is 56.1 Å². The predicted octanol–water partition coefficient (Wildman–Crippen LogP) is 6.11. The lowest BCUT2D eigenvalue weighted by atomic mass is 10.1. The third-order valence-corrected chi connectivity index (χ3v) is 5.10. The molecule has 6 heteroatoms. The van der Waals surface area contributed by atoms with Crippen LogP contribution in [0.15, 0.2) is 68.0 Å². The van der Waals surface area contributed by atoms with Gasteiger partial charge in [0.25, 0.3) is 0 Å². The number of ether oxygens (including phenoxy) is 2. The van der Waals surface area contributed by atoms with Gasteiger partial charge in [0, 0.05) is 14.3 Å². The zero-order valence-corrected chi connectivity index (χ0v) is 17.0. The van der Waals surface area contributed by atoms with Crippen molar-refractivity contribution in [3.63, 3.8) is 0 Å². The molecule has 0 spiro atoms. The third-order valence-electron chi connectivity index (χ3n) is 3.29. The monoisotopic (exact) mass is 512 g/mol. The van der Waals surface area contributed by atoms with Crippen molar-refractivity contribution in [3.05, 3.63) is 68.0 Å². The lowest BCUT2D eigenvalue weighted by Crippen LogP contribution is -2.18. The zero-order valence-electron chi connectivity index (χ0n) is 12.3. The van der Waals surface area contributed by atoms with E-state index in [0.29, 0.717) is 11.5 Å². The molecule has 3 rings (SSSR count). The molecule has 24 heavy (non-hydrogen) atoms. The highest BCUT2D eigenvalue weighted by molar-refractivity contribution is 9.11. The van der Waals surface area contributed by atoms with E-state index in [2.05, 4.69) is 47.8 Å². The van der Waals surface area contributed by atoms with Crippen molar-refractivity contribution >= 4 is 64.5 Å². The second-order valence-electron chi connectivity index (χ2n) is 4.93. The molecule has 0 saturated carbocycles. The van der Waals surface area contributed by atoms with Gasteiger partial charge in [-0.3, -0.25) is 0 Å². The van der Waals surface area contributed by atoms with Gasteiger partial charge in [-0.25, -0.2) is 4.79 Å². The van der Waals surface area contributed by atoms with Gasteiger partial charge in [0.05, 0.1) is 4.47 Å². The Morgan fingerprint density at radius 1 is 0.833 bits per heavy atom. The lowest BCUT2D eigenvalue weighted by molar-refractivity contribution is -0.136. The fourth-order valence-corrected chi connectivity index (χ4v) is 3.84. The predicted molar refractivity (Wildman–Crippen MR) is 105 cm³/mol. The maximum Gasteiger partial charge on any atom is 0.349 e. The number of hydrogen-bond acceptors (Lipinski definition) is 3. The molecule has 0 aliphatic carbocycles. The minimum absolute atomic E-state index is 0.176. The Balaban J connectivity index is 1.72. The van der Waals surface area contributed by atoms with Crippen LogP contribution in [0.4, 0.5) is 0 Å². The largest absolute Gasteiger partial charge is 0.481 e. The number of esters is 1. The van der Waals surface area contributed by atoms with Crippen LogP contribution < -0.4 is 9.47 Å². The molecule has 0 aliphatic heterocycles. The number of rotatable bonds is 4. The molecular weight excluding hydrogens is 504 g/mol. The Kier molecular flexibility index (Phi) is 5.58. The van der Waals surface area contributed by atoms with E-state index in [9.17, 15) is 4.79 Å². The summed E-state index contributed by atoms with van der Waals surface area (Å²) in [6.45, 7) is -0.176. The summed E-state index contributed by atoms with van der Waals surface area (Å²) < 4.78 is 13.6. The van der Waals surface area contributed by atoms with Crippen molar-refractivity contribution in [2.45, 2.75) is 0 Å². The van der Waals surface area contributed by atoms with Crippen LogP contribution in [0, 0.1) is 0 Å². The maximum atomic E-state index is 12.1. The van der Waals surface area contributed by atoms with Gasteiger partial charge in [-0.05, 0) is 51.6 Å². The highest BCUT2D eigenvalue weighted by atomic mass is 79.9. The molecule has 0 fully saturated rings. The van der Waals surface area contributed by atoms with Gasteiger partial charge in [0.2, 0.25) is 0 Å².